The van der Waals surface area contributed by atoms with E-state index in [4.69, 9.17) is 0 Å². The van der Waals surface area contributed by atoms with Crippen molar-refractivity contribution in [2.24, 2.45) is 0 Å². The maximum Gasteiger partial charge on any atom is 0.333 e. The summed E-state index contributed by atoms with van der Waals surface area (Å²) < 4.78 is 17.2. The first-order valence-electron chi connectivity index (χ1n) is 3.95. The van der Waals surface area contributed by atoms with E-state index >= 15 is 0 Å². The zero-order valence-corrected chi connectivity index (χ0v) is 7.84. The molecule has 0 atom stereocenters. The molecule has 0 bridgehead atoms. The van der Waals surface area contributed by atoms with Gasteiger partial charge in [-0.05, 0) is 32.1 Å². The molecule has 0 rings (SSSR count). The van der Waals surface area contributed by atoms with Gasteiger partial charge in [-0.3, -0.25) is 0 Å². The van der Waals surface area contributed by atoms with Gasteiger partial charge in [0.15, 0.2) is 0 Å². The molecule has 0 saturated carbocycles. The van der Waals surface area contributed by atoms with Gasteiger partial charge in [-0.15, -0.1) is 0 Å². The molecule has 13 heavy (non-hydrogen) atoms. The molecule has 72 valence electrons. The monoisotopic (exact) mass is 184 g/mol. The van der Waals surface area contributed by atoms with Crippen molar-refractivity contribution in [3.8, 4) is 0 Å². The molecule has 0 amide bonds. The molecular formula is C10H13FO2. The van der Waals surface area contributed by atoms with Gasteiger partial charge in [0.1, 0.15) is 5.83 Å². The van der Waals surface area contributed by atoms with Crippen molar-refractivity contribution >= 4 is 5.97 Å². The summed E-state index contributed by atoms with van der Waals surface area (Å²) in [5, 5.41) is 0. The third-order valence-corrected chi connectivity index (χ3v) is 1.28. The standard InChI is InChI=1S/C10H13FO2/c1-4-9(11)7-6-8(3)10(12)13-5-2/h4,6-7H,1,5H2,2-3H3/b8-6+,9-7+. The van der Waals surface area contributed by atoms with Crippen LogP contribution in [0.1, 0.15) is 13.8 Å². The Balaban J connectivity index is 4.32. The normalized spacial score (nSPS) is 12.5. The van der Waals surface area contributed by atoms with Gasteiger partial charge in [0.25, 0.3) is 0 Å². The lowest BCUT2D eigenvalue weighted by Gasteiger charge is -1.99. The molecule has 0 fully saturated rings. The smallest absolute Gasteiger partial charge is 0.333 e. The van der Waals surface area contributed by atoms with Crippen LogP contribution in [-0.4, -0.2) is 12.6 Å². The predicted octanol–water partition coefficient (Wildman–Crippen LogP) is 2.54. The minimum absolute atomic E-state index is 0.317. The summed E-state index contributed by atoms with van der Waals surface area (Å²) in [4.78, 5) is 11.0. The minimum Gasteiger partial charge on any atom is -0.463 e. The molecule has 0 N–H and O–H groups in total. The third kappa shape index (κ3) is 4.95. The Morgan fingerprint density at radius 1 is 1.54 bits per heavy atom. The molecule has 0 heterocycles. The van der Waals surface area contributed by atoms with Gasteiger partial charge in [-0.2, -0.15) is 0 Å². The van der Waals surface area contributed by atoms with Gasteiger partial charge >= 0.3 is 5.97 Å². The van der Waals surface area contributed by atoms with Crippen molar-refractivity contribution in [2.45, 2.75) is 13.8 Å². The lowest BCUT2D eigenvalue weighted by molar-refractivity contribution is -0.138. The van der Waals surface area contributed by atoms with E-state index in [0.29, 0.717) is 12.2 Å². The minimum atomic E-state index is -0.483. The fourth-order valence-corrected chi connectivity index (χ4v) is 0.586. The summed E-state index contributed by atoms with van der Waals surface area (Å²) in [6, 6.07) is 0. The summed E-state index contributed by atoms with van der Waals surface area (Å²) >= 11 is 0. The number of hydrogen-bond donors (Lipinski definition) is 0. The summed E-state index contributed by atoms with van der Waals surface area (Å²) in [5.74, 6) is -0.917. The van der Waals surface area contributed by atoms with Gasteiger partial charge in [0.05, 0.1) is 6.61 Å². The predicted molar refractivity (Wildman–Crippen MR) is 49.8 cm³/mol. The molecular weight excluding hydrogens is 171 g/mol. The van der Waals surface area contributed by atoms with Crippen molar-refractivity contribution < 1.29 is 13.9 Å². The zero-order chi connectivity index (χ0) is 10.3. The quantitative estimate of drug-likeness (QED) is 0.381. The number of halogens is 1. The Kier molecular flexibility index (Phi) is 5.52. The Morgan fingerprint density at radius 3 is 2.62 bits per heavy atom. The van der Waals surface area contributed by atoms with Crippen LogP contribution in [0, 0.1) is 0 Å². The number of ether oxygens (including phenoxy) is 1. The van der Waals surface area contributed by atoms with Gasteiger partial charge in [-0.25, -0.2) is 9.18 Å². The second-order valence-electron chi connectivity index (χ2n) is 2.33. The molecule has 0 aromatic carbocycles. The number of allylic oxidation sites excluding steroid dienone is 4. The first-order valence-corrected chi connectivity index (χ1v) is 3.95. The largest absolute Gasteiger partial charge is 0.463 e. The van der Waals surface area contributed by atoms with Crippen LogP contribution in [0.5, 0.6) is 0 Å². The Labute approximate surface area is 77.4 Å². The average molecular weight is 184 g/mol. The maximum absolute atomic E-state index is 12.5. The fourth-order valence-electron chi connectivity index (χ4n) is 0.586. The van der Waals surface area contributed by atoms with Crippen LogP contribution in [0.25, 0.3) is 0 Å². The molecule has 0 aromatic heterocycles. The Morgan fingerprint density at radius 2 is 2.15 bits per heavy atom. The van der Waals surface area contributed by atoms with E-state index in [2.05, 4.69) is 11.3 Å². The van der Waals surface area contributed by atoms with Crippen molar-refractivity contribution in [3.63, 3.8) is 0 Å². The van der Waals surface area contributed by atoms with E-state index < -0.39 is 11.8 Å². The lowest BCUT2D eigenvalue weighted by atomic mass is 10.2. The zero-order valence-electron chi connectivity index (χ0n) is 7.84. The second kappa shape index (κ2) is 6.17. The van der Waals surface area contributed by atoms with Crippen LogP contribution in [-0.2, 0) is 9.53 Å². The third-order valence-electron chi connectivity index (χ3n) is 1.28. The SMILES string of the molecule is C=C/C(F)=C\C=C(/C)C(=O)OCC. The molecule has 2 nitrogen and oxygen atoms in total. The van der Waals surface area contributed by atoms with E-state index in [9.17, 15) is 9.18 Å². The Hall–Kier alpha value is -1.38. The van der Waals surface area contributed by atoms with E-state index in [1.165, 1.54) is 12.2 Å². The number of esters is 1. The molecule has 0 aliphatic carbocycles. The van der Waals surface area contributed by atoms with Crippen LogP contribution in [0.3, 0.4) is 0 Å². The molecule has 0 radical (unpaired) electrons. The molecule has 0 spiro atoms. The first-order chi connectivity index (χ1) is 6.11. The summed E-state index contributed by atoms with van der Waals surface area (Å²) in [6.07, 6.45) is 3.59. The van der Waals surface area contributed by atoms with Crippen LogP contribution in [0.15, 0.2) is 36.2 Å². The second-order valence-corrected chi connectivity index (χ2v) is 2.33. The van der Waals surface area contributed by atoms with E-state index in [0.717, 1.165) is 6.08 Å². The van der Waals surface area contributed by atoms with Gasteiger partial charge in [0, 0.05) is 5.57 Å². The van der Waals surface area contributed by atoms with E-state index in [1.54, 1.807) is 13.8 Å². The van der Waals surface area contributed by atoms with Gasteiger partial charge in [0.2, 0.25) is 0 Å². The Bertz CT molecular complexity index is 252. The molecule has 0 aliphatic rings. The highest BCUT2D eigenvalue weighted by molar-refractivity contribution is 5.88. The molecule has 0 unspecified atom stereocenters. The van der Waals surface area contributed by atoms with Crippen LogP contribution in [0.4, 0.5) is 4.39 Å². The number of rotatable bonds is 4. The molecule has 0 aromatic rings. The molecule has 3 heteroatoms. The van der Waals surface area contributed by atoms with Crippen LogP contribution >= 0.6 is 0 Å². The number of carbonyl (C=O) groups excluding carboxylic acids is 1. The van der Waals surface area contributed by atoms with Crippen molar-refractivity contribution in [1.29, 1.82) is 0 Å². The van der Waals surface area contributed by atoms with Crippen LogP contribution < -0.4 is 0 Å². The van der Waals surface area contributed by atoms with Gasteiger partial charge < -0.3 is 4.74 Å². The fraction of sp³-hybridized carbons (Fsp3) is 0.300. The van der Waals surface area contributed by atoms with Crippen molar-refractivity contribution in [1.82, 2.24) is 0 Å². The van der Waals surface area contributed by atoms with Crippen molar-refractivity contribution in [3.05, 3.63) is 36.2 Å². The van der Waals surface area contributed by atoms with Crippen molar-refractivity contribution in [2.75, 3.05) is 6.61 Å². The molecule has 0 aliphatic heterocycles. The van der Waals surface area contributed by atoms with Crippen LogP contribution in [0.2, 0.25) is 0 Å². The van der Waals surface area contributed by atoms with E-state index in [-0.39, 0.29) is 0 Å². The summed E-state index contributed by atoms with van der Waals surface area (Å²) in [7, 11) is 0. The van der Waals surface area contributed by atoms with Gasteiger partial charge in [-0.1, -0.05) is 6.58 Å². The topological polar surface area (TPSA) is 26.3 Å². The van der Waals surface area contributed by atoms with E-state index in [1.807, 2.05) is 0 Å². The highest BCUT2D eigenvalue weighted by Crippen LogP contribution is 2.01. The first kappa shape index (κ1) is 11.6. The maximum atomic E-state index is 12.5. The summed E-state index contributed by atoms with van der Waals surface area (Å²) in [5.41, 5.74) is 0.360. The average Bonchev–Trinajstić information content (AvgIpc) is 2.13. The summed E-state index contributed by atoms with van der Waals surface area (Å²) in [6.45, 7) is 6.82. The highest BCUT2D eigenvalue weighted by atomic mass is 19.1. The molecule has 0 saturated heterocycles. The highest BCUT2D eigenvalue weighted by Gasteiger charge is 2.02. The lowest BCUT2D eigenvalue weighted by Crippen LogP contribution is -2.04. The number of carbonyl (C=O) groups is 1. The number of hydrogen-bond acceptors (Lipinski definition) is 2.